The molecule has 1 aromatic carbocycles. The van der Waals surface area contributed by atoms with Crippen molar-refractivity contribution in [3.63, 3.8) is 0 Å². The molecule has 0 spiro atoms. The average Bonchev–Trinajstić information content (AvgIpc) is 2.26. The van der Waals surface area contributed by atoms with E-state index in [1.54, 1.807) is 6.07 Å². The zero-order valence-corrected chi connectivity index (χ0v) is 10.8. The first kappa shape index (κ1) is 14.0. The van der Waals surface area contributed by atoms with Crippen LogP contribution in [0.5, 0.6) is 0 Å². The molecule has 2 nitrogen and oxygen atoms in total. The lowest BCUT2D eigenvalue weighted by Gasteiger charge is -2.25. The molecule has 0 amide bonds. The first-order valence-corrected chi connectivity index (χ1v) is 5.97. The molecule has 0 saturated heterocycles. The molecule has 0 radical (unpaired) electrons. The van der Waals surface area contributed by atoms with Gasteiger partial charge in [0.2, 0.25) is 0 Å². The van der Waals surface area contributed by atoms with Gasteiger partial charge in [0, 0.05) is 30.6 Å². The number of hydrogen-bond donors (Lipinski definition) is 0. The van der Waals surface area contributed by atoms with Crippen molar-refractivity contribution in [2.24, 2.45) is 0 Å². The van der Waals surface area contributed by atoms with Crippen LogP contribution in [0.3, 0.4) is 0 Å². The molecule has 0 N–H and O–H groups in total. The number of halogens is 2. The zero-order chi connectivity index (χ0) is 12.8. The molecule has 0 aliphatic heterocycles. The first-order chi connectivity index (χ1) is 8.04. The van der Waals surface area contributed by atoms with Gasteiger partial charge in [0.25, 0.3) is 0 Å². The highest BCUT2D eigenvalue weighted by atomic mass is 35.5. The number of nitrogens with zero attached hydrogens (tertiary/aromatic N) is 2. The van der Waals surface area contributed by atoms with Crippen LogP contribution in [0.25, 0.3) is 0 Å². The van der Waals surface area contributed by atoms with E-state index in [-0.39, 0.29) is 5.82 Å². The minimum absolute atomic E-state index is 0.324. The van der Waals surface area contributed by atoms with Crippen LogP contribution in [0.15, 0.2) is 18.2 Å². The zero-order valence-electron chi connectivity index (χ0n) is 10.1. The average molecular weight is 255 g/mol. The highest BCUT2D eigenvalue weighted by Gasteiger charge is 2.12. The fourth-order valence-electron chi connectivity index (χ4n) is 1.58. The maximum atomic E-state index is 12.9. The van der Waals surface area contributed by atoms with E-state index in [1.807, 2.05) is 0 Å². The van der Waals surface area contributed by atoms with Crippen molar-refractivity contribution in [2.45, 2.75) is 32.9 Å². The lowest BCUT2D eigenvalue weighted by molar-refractivity contribution is 0.218. The summed E-state index contributed by atoms with van der Waals surface area (Å²) in [6, 6.07) is 6.87. The van der Waals surface area contributed by atoms with Gasteiger partial charge >= 0.3 is 0 Å². The minimum Gasteiger partial charge on any atom is -0.296 e. The predicted molar refractivity (Wildman–Crippen MR) is 67.2 cm³/mol. The van der Waals surface area contributed by atoms with E-state index in [4.69, 9.17) is 16.9 Å². The molecule has 0 atom stereocenters. The van der Waals surface area contributed by atoms with Crippen LogP contribution in [-0.2, 0) is 6.54 Å². The lowest BCUT2D eigenvalue weighted by atomic mass is 10.1. The second-order valence-corrected chi connectivity index (χ2v) is 4.62. The molecule has 0 aromatic heterocycles. The van der Waals surface area contributed by atoms with E-state index in [0.717, 1.165) is 5.56 Å². The van der Waals surface area contributed by atoms with Crippen LogP contribution < -0.4 is 0 Å². The SMILES string of the molecule is CC(C)N(CCC#N)Cc1ccc(F)cc1Cl. The minimum atomic E-state index is -0.327. The normalized spacial score (nSPS) is 10.9. The van der Waals surface area contributed by atoms with Gasteiger partial charge in [-0.15, -0.1) is 0 Å². The smallest absolute Gasteiger partial charge is 0.124 e. The standard InChI is InChI=1S/C13H16ClFN2/c1-10(2)17(7-3-6-16)9-11-4-5-12(15)8-13(11)14/h4-5,8,10H,3,7,9H2,1-2H3. The van der Waals surface area contributed by atoms with E-state index >= 15 is 0 Å². The highest BCUT2D eigenvalue weighted by Crippen LogP contribution is 2.20. The van der Waals surface area contributed by atoms with E-state index in [0.29, 0.717) is 30.6 Å². The summed E-state index contributed by atoms with van der Waals surface area (Å²) in [5.74, 6) is -0.327. The third-order valence-corrected chi connectivity index (χ3v) is 2.98. The maximum absolute atomic E-state index is 12.9. The number of benzene rings is 1. The molecule has 0 aliphatic carbocycles. The summed E-state index contributed by atoms with van der Waals surface area (Å²) in [6.07, 6.45) is 0.483. The van der Waals surface area contributed by atoms with Crippen LogP contribution in [0.4, 0.5) is 4.39 Å². The summed E-state index contributed by atoms with van der Waals surface area (Å²) in [5.41, 5.74) is 0.889. The van der Waals surface area contributed by atoms with Crippen LogP contribution in [0.2, 0.25) is 5.02 Å². The van der Waals surface area contributed by atoms with Crippen molar-refractivity contribution >= 4 is 11.6 Å². The topological polar surface area (TPSA) is 27.0 Å². The largest absolute Gasteiger partial charge is 0.296 e. The van der Waals surface area contributed by atoms with Crippen LogP contribution in [0, 0.1) is 17.1 Å². The van der Waals surface area contributed by atoms with Gasteiger partial charge in [-0.25, -0.2) is 4.39 Å². The fourth-order valence-corrected chi connectivity index (χ4v) is 1.81. The first-order valence-electron chi connectivity index (χ1n) is 5.59. The Labute approximate surface area is 107 Å². The monoisotopic (exact) mass is 254 g/mol. The van der Waals surface area contributed by atoms with E-state index in [9.17, 15) is 4.39 Å². The Hall–Kier alpha value is -1.11. The molecule has 17 heavy (non-hydrogen) atoms. The molecular weight excluding hydrogens is 239 g/mol. The summed E-state index contributed by atoms with van der Waals surface area (Å²) in [5, 5.41) is 9.04. The molecule has 0 unspecified atom stereocenters. The molecule has 1 rings (SSSR count). The van der Waals surface area contributed by atoms with Gasteiger partial charge in [-0.1, -0.05) is 17.7 Å². The van der Waals surface area contributed by atoms with Crippen molar-refractivity contribution < 1.29 is 4.39 Å². The second kappa shape index (κ2) is 6.58. The van der Waals surface area contributed by atoms with Gasteiger partial charge in [-0.3, -0.25) is 4.90 Å². The fraction of sp³-hybridized carbons (Fsp3) is 0.462. The van der Waals surface area contributed by atoms with Gasteiger partial charge in [-0.2, -0.15) is 5.26 Å². The van der Waals surface area contributed by atoms with Crippen LogP contribution in [0.1, 0.15) is 25.8 Å². The summed E-state index contributed by atoms with van der Waals surface area (Å²) < 4.78 is 12.9. The Morgan fingerprint density at radius 2 is 2.18 bits per heavy atom. The van der Waals surface area contributed by atoms with Crippen molar-refractivity contribution in [3.05, 3.63) is 34.6 Å². The van der Waals surface area contributed by atoms with Gasteiger partial charge < -0.3 is 0 Å². The highest BCUT2D eigenvalue weighted by molar-refractivity contribution is 6.31. The van der Waals surface area contributed by atoms with Gasteiger partial charge in [0.15, 0.2) is 0 Å². The number of hydrogen-bond acceptors (Lipinski definition) is 2. The molecule has 0 aliphatic rings. The summed E-state index contributed by atoms with van der Waals surface area (Å²) in [4.78, 5) is 2.14. The molecule has 0 saturated carbocycles. The third kappa shape index (κ3) is 4.33. The third-order valence-electron chi connectivity index (χ3n) is 2.63. The Balaban J connectivity index is 2.75. The number of nitriles is 1. The quantitative estimate of drug-likeness (QED) is 0.803. The Kier molecular flexibility index (Phi) is 5.40. The molecule has 0 heterocycles. The van der Waals surface area contributed by atoms with E-state index in [2.05, 4.69) is 24.8 Å². The number of rotatable bonds is 5. The van der Waals surface area contributed by atoms with Gasteiger partial charge in [0.05, 0.1) is 6.07 Å². The molecule has 1 aromatic rings. The van der Waals surface area contributed by atoms with Gasteiger partial charge in [0.1, 0.15) is 5.82 Å². The Morgan fingerprint density at radius 1 is 1.47 bits per heavy atom. The van der Waals surface area contributed by atoms with E-state index in [1.165, 1.54) is 12.1 Å². The van der Waals surface area contributed by atoms with Crippen LogP contribution in [-0.4, -0.2) is 17.5 Å². The van der Waals surface area contributed by atoms with Crippen molar-refractivity contribution in [1.82, 2.24) is 4.90 Å². The molecule has 4 heteroatoms. The Morgan fingerprint density at radius 3 is 2.71 bits per heavy atom. The molecule has 0 bridgehead atoms. The lowest BCUT2D eigenvalue weighted by Crippen LogP contribution is -2.31. The summed E-state index contributed by atoms with van der Waals surface area (Å²) in [7, 11) is 0. The molecular formula is C13H16ClFN2. The van der Waals surface area contributed by atoms with Crippen molar-refractivity contribution in [2.75, 3.05) is 6.54 Å². The maximum Gasteiger partial charge on any atom is 0.124 e. The second-order valence-electron chi connectivity index (χ2n) is 4.21. The predicted octanol–water partition coefficient (Wildman–Crippen LogP) is 3.60. The molecule has 0 fully saturated rings. The van der Waals surface area contributed by atoms with E-state index < -0.39 is 0 Å². The van der Waals surface area contributed by atoms with Crippen molar-refractivity contribution in [3.8, 4) is 6.07 Å². The summed E-state index contributed by atoms with van der Waals surface area (Å²) in [6.45, 7) is 5.46. The molecule has 92 valence electrons. The van der Waals surface area contributed by atoms with Gasteiger partial charge in [-0.05, 0) is 31.5 Å². The van der Waals surface area contributed by atoms with Crippen LogP contribution >= 0.6 is 11.6 Å². The summed E-state index contributed by atoms with van der Waals surface area (Å²) >= 11 is 5.98. The van der Waals surface area contributed by atoms with Crippen molar-refractivity contribution in [1.29, 1.82) is 5.26 Å². The Bertz CT molecular complexity index is 412.